The number of carbonyl (C=O) groups excluding carboxylic acids is 1. The van der Waals surface area contributed by atoms with E-state index in [0.29, 0.717) is 41.7 Å². The molecule has 1 aromatic heterocycles. The van der Waals surface area contributed by atoms with E-state index >= 15 is 0 Å². The second-order valence-electron chi connectivity index (χ2n) is 12.5. The number of halogens is 1. The maximum absolute atomic E-state index is 14.7. The van der Waals surface area contributed by atoms with Crippen LogP contribution in [-0.4, -0.2) is 59.3 Å². The molecule has 1 aliphatic heterocycles. The molecule has 1 aromatic carbocycles. The Morgan fingerprint density at radius 3 is 2.45 bits per heavy atom. The predicted molar refractivity (Wildman–Crippen MR) is 160 cm³/mol. The Morgan fingerprint density at radius 1 is 1.25 bits per heavy atom. The highest BCUT2D eigenvalue weighted by molar-refractivity contribution is 8.00. The summed E-state index contributed by atoms with van der Waals surface area (Å²) in [7, 11) is -0.440. The fourth-order valence-electron chi connectivity index (χ4n) is 5.52. The molecule has 0 radical (unpaired) electrons. The summed E-state index contributed by atoms with van der Waals surface area (Å²) in [5.41, 5.74) is 2.24. The van der Waals surface area contributed by atoms with Gasteiger partial charge in [0, 0.05) is 60.1 Å². The average molecular weight is 574 g/mol. The Bertz CT molecular complexity index is 1280. The van der Waals surface area contributed by atoms with Gasteiger partial charge < -0.3 is 19.2 Å². The Labute approximate surface area is 238 Å². The molecule has 220 valence electrons. The van der Waals surface area contributed by atoms with Gasteiger partial charge in [-0.15, -0.1) is 10.1 Å². The number of amides is 1. The van der Waals surface area contributed by atoms with Crippen molar-refractivity contribution in [3.63, 3.8) is 0 Å². The van der Waals surface area contributed by atoms with Gasteiger partial charge in [0.15, 0.2) is 5.76 Å². The maximum Gasteiger partial charge on any atom is 0.224 e. The summed E-state index contributed by atoms with van der Waals surface area (Å²) in [5, 5.41) is 12.4. The third kappa shape index (κ3) is 6.58. The van der Waals surface area contributed by atoms with Gasteiger partial charge in [-0.3, -0.25) is 9.16 Å². The number of hydrogen-bond donors (Lipinski definition) is 3. The van der Waals surface area contributed by atoms with Crippen molar-refractivity contribution in [3.05, 3.63) is 35.9 Å². The van der Waals surface area contributed by atoms with Crippen LogP contribution >= 0.6 is 0 Å². The van der Waals surface area contributed by atoms with E-state index < -0.39 is 28.2 Å². The fraction of sp³-hybridized carbons (Fsp3) is 0.633. The lowest BCUT2D eigenvalue weighted by molar-refractivity contribution is -0.128. The predicted octanol–water partition coefficient (Wildman–Crippen LogP) is 5.52. The van der Waals surface area contributed by atoms with Crippen molar-refractivity contribution in [1.82, 2.24) is 10.3 Å². The van der Waals surface area contributed by atoms with E-state index in [4.69, 9.17) is 9.40 Å². The lowest BCUT2D eigenvalue weighted by atomic mass is 9.75. The SMILES string of the molecule is CN=[SH]1(O)CCN(c2ccc(-c3oc(C(C)(C)C)nc3[C@@H]3CC[C@H](F)C[C@H]3C(=O)N[C@H](C#N)C(C)C)cc2)CC1. The van der Waals surface area contributed by atoms with Gasteiger partial charge in [0.1, 0.15) is 12.2 Å². The molecule has 10 heteroatoms. The van der Waals surface area contributed by atoms with Gasteiger partial charge >= 0.3 is 0 Å². The van der Waals surface area contributed by atoms with Crippen LogP contribution < -0.4 is 10.2 Å². The van der Waals surface area contributed by atoms with Crippen LogP contribution in [-0.2, 0) is 20.3 Å². The molecule has 1 saturated heterocycles. The molecule has 0 bridgehead atoms. The van der Waals surface area contributed by atoms with Crippen molar-refractivity contribution in [2.45, 2.75) is 77.4 Å². The van der Waals surface area contributed by atoms with Crippen LogP contribution in [0, 0.1) is 23.2 Å². The number of thiol groups is 1. The van der Waals surface area contributed by atoms with Crippen LogP contribution in [0.2, 0.25) is 0 Å². The molecule has 2 heterocycles. The van der Waals surface area contributed by atoms with Crippen LogP contribution in [0.15, 0.2) is 33.0 Å². The minimum Gasteiger partial charge on any atom is -0.440 e. The molecule has 2 N–H and O–H groups in total. The standard InChI is InChI=1S/C30H44FN5O3S/c1-19(2)25(18-32)34-28(37)24-17-21(31)9-12-23(24)26-27(39-29(35-26)30(3,4)5)20-7-10-22(11-8-20)36-13-15-40(38,33-6)16-14-36/h7-8,10-11,19,21,23-25,40H,9,12-17H2,1-6H3,(H,33,38)(H,34,37)/t21-,23+,24+,25+/m0/s1. The minimum atomic E-state index is -2.15. The molecule has 40 heavy (non-hydrogen) atoms. The molecule has 2 fully saturated rings. The zero-order valence-electron chi connectivity index (χ0n) is 24.5. The van der Waals surface area contributed by atoms with Gasteiger partial charge in [-0.1, -0.05) is 34.6 Å². The third-order valence-corrected chi connectivity index (χ3v) is 10.8. The number of nitrogens with zero attached hydrogens (tertiary/aromatic N) is 4. The summed E-state index contributed by atoms with van der Waals surface area (Å²) in [6, 6.07) is 9.63. The summed E-state index contributed by atoms with van der Waals surface area (Å²) in [4.78, 5) is 20.6. The molecular weight excluding hydrogens is 529 g/mol. The van der Waals surface area contributed by atoms with Gasteiger partial charge in [0.05, 0.1) is 11.8 Å². The largest absolute Gasteiger partial charge is 0.440 e. The van der Waals surface area contributed by atoms with Crippen molar-refractivity contribution >= 4 is 21.7 Å². The number of alkyl halides is 1. The molecule has 4 rings (SSSR count). The van der Waals surface area contributed by atoms with Gasteiger partial charge in [0.2, 0.25) is 11.8 Å². The van der Waals surface area contributed by atoms with E-state index in [-0.39, 0.29) is 29.6 Å². The Kier molecular flexibility index (Phi) is 9.05. The van der Waals surface area contributed by atoms with Crippen molar-refractivity contribution in [1.29, 1.82) is 5.26 Å². The first-order chi connectivity index (χ1) is 18.8. The first-order valence-electron chi connectivity index (χ1n) is 14.3. The third-order valence-electron chi connectivity index (χ3n) is 8.20. The first-order valence-corrected chi connectivity index (χ1v) is 16.3. The second kappa shape index (κ2) is 12.0. The van der Waals surface area contributed by atoms with Crippen LogP contribution in [0.5, 0.6) is 0 Å². The van der Waals surface area contributed by atoms with E-state index in [1.165, 1.54) is 0 Å². The van der Waals surface area contributed by atoms with Gasteiger partial charge in [0.25, 0.3) is 0 Å². The number of hydrogen-bond acceptors (Lipinski definition) is 6. The zero-order chi connectivity index (χ0) is 29.2. The topological polar surface area (TPSA) is 115 Å². The Balaban J connectivity index is 1.66. The number of aromatic nitrogens is 1. The highest BCUT2D eigenvalue weighted by Gasteiger charge is 2.41. The Hall–Kier alpha value is -2.77. The molecule has 1 aliphatic carbocycles. The smallest absolute Gasteiger partial charge is 0.224 e. The molecule has 4 atom stereocenters. The highest BCUT2D eigenvalue weighted by atomic mass is 32.3. The van der Waals surface area contributed by atoms with E-state index in [2.05, 4.69) is 20.6 Å². The van der Waals surface area contributed by atoms with E-state index in [1.807, 2.05) is 58.9 Å². The zero-order valence-corrected chi connectivity index (χ0v) is 25.4. The molecule has 2 aliphatic rings. The number of rotatable bonds is 6. The quantitative estimate of drug-likeness (QED) is 0.392. The van der Waals surface area contributed by atoms with Crippen LogP contribution in [0.3, 0.4) is 0 Å². The monoisotopic (exact) mass is 573 g/mol. The normalized spacial score (nSPS) is 24.7. The number of oxazole rings is 1. The fourth-order valence-corrected chi connectivity index (χ4v) is 7.27. The highest BCUT2D eigenvalue weighted by Crippen LogP contribution is 2.44. The van der Waals surface area contributed by atoms with E-state index in [1.54, 1.807) is 7.05 Å². The van der Waals surface area contributed by atoms with Crippen molar-refractivity contribution in [2.24, 2.45) is 16.2 Å². The van der Waals surface area contributed by atoms with Crippen LogP contribution in [0.1, 0.15) is 71.4 Å². The summed E-state index contributed by atoms with van der Waals surface area (Å²) in [6.45, 7) is 11.4. The number of anilines is 1. The van der Waals surface area contributed by atoms with Crippen LogP contribution in [0.25, 0.3) is 11.3 Å². The number of benzene rings is 1. The first kappa shape index (κ1) is 30.2. The number of carbonyl (C=O) groups is 1. The lowest BCUT2D eigenvalue weighted by Crippen LogP contribution is -2.44. The maximum atomic E-state index is 14.7. The van der Waals surface area contributed by atoms with Gasteiger partial charge in [-0.2, -0.15) is 5.26 Å². The van der Waals surface area contributed by atoms with Gasteiger partial charge in [-0.25, -0.2) is 9.37 Å². The minimum absolute atomic E-state index is 0.0577. The molecule has 8 nitrogen and oxygen atoms in total. The van der Waals surface area contributed by atoms with Crippen molar-refractivity contribution in [2.75, 3.05) is 36.5 Å². The van der Waals surface area contributed by atoms with E-state index in [9.17, 15) is 19.0 Å². The van der Waals surface area contributed by atoms with Crippen molar-refractivity contribution < 1.29 is 18.2 Å². The molecular formula is C30H44FN5O3S. The number of nitriles is 1. The molecule has 2 aromatic rings. The molecule has 0 unspecified atom stereocenters. The Morgan fingerprint density at radius 2 is 1.90 bits per heavy atom. The summed E-state index contributed by atoms with van der Waals surface area (Å²) >= 11 is 0. The van der Waals surface area contributed by atoms with Crippen LogP contribution in [0.4, 0.5) is 10.1 Å². The summed E-state index contributed by atoms with van der Waals surface area (Å²) < 4.78 is 35.9. The van der Waals surface area contributed by atoms with Gasteiger partial charge in [-0.05, 0) is 49.4 Å². The van der Waals surface area contributed by atoms with Crippen molar-refractivity contribution in [3.8, 4) is 17.4 Å². The second-order valence-corrected chi connectivity index (χ2v) is 15.6. The molecule has 0 spiro atoms. The summed E-state index contributed by atoms with van der Waals surface area (Å²) in [5.74, 6) is 1.23. The lowest BCUT2D eigenvalue weighted by Gasteiger charge is -2.37. The number of nitrogens with one attached hydrogen (secondary N) is 1. The molecule has 1 saturated carbocycles. The summed E-state index contributed by atoms with van der Waals surface area (Å²) in [6.07, 6.45) is -0.156. The average Bonchev–Trinajstić information content (AvgIpc) is 3.38. The van der Waals surface area contributed by atoms with E-state index in [0.717, 1.165) is 24.3 Å². The molecule has 1 amide bonds.